The zero-order valence-electron chi connectivity index (χ0n) is 13.4. The molecule has 0 aromatic heterocycles. The Morgan fingerprint density at radius 1 is 1.24 bits per heavy atom. The van der Waals surface area contributed by atoms with Crippen molar-refractivity contribution in [2.45, 2.75) is 64.4 Å². The minimum Gasteiger partial charge on any atom is -0.497 e. The van der Waals surface area contributed by atoms with E-state index in [1.54, 1.807) is 13.2 Å². The summed E-state index contributed by atoms with van der Waals surface area (Å²) in [6.07, 6.45) is 7.55. The zero-order valence-corrected chi connectivity index (χ0v) is 13.4. The molecule has 0 spiro atoms. The van der Waals surface area contributed by atoms with E-state index < -0.39 is 0 Å². The molecule has 0 saturated carbocycles. The fraction of sp³-hybridized carbons (Fsp3) is 0.611. The molecule has 1 aromatic carbocycles. The first-order valence-corrected chi connectivity index (χ1v) is 7.98. The number of hydrogen-bond acceptors (Lipinski definition) is 3. The van der Waals surface area contributed by atoms with Gasteiger partial charge in [-0.1, -0.05) is 32.6 Å². The van der Waals surface area contributed by atoms with E-state index >= 15 is 0 Å². The van der Waals surface area contributed by atoms with Gasteiger partial charge in [-0.3, -0.25) is 4.79 Å². The zero-order chi connectivity index (χ0) is 15.3. The fourth-order valence-corrected chi connectivity index (χ4v) is 2.92. The van der Waals surface area contributed by atoms with Crippen molar-refractivity contribution < 1.29 is 14.3 Å². The van der Waals surface area contributed by atoms with Crippen molar-refractivity contribution in [3.8, 4) is 11.5 Å². The summed E-state index contributed by atoms with van der Waals surface area (Å²) in [4.78, 5) is 12.4. The maximum Gasteiger partial charge on any atom is 0.170 e. The van der Waals surface area contributed by atoms with E-state index in [0.717, 1.165) is 12.8 Å². The van der Waals surface area contributed by atoms with Crippen molar-refractivity contribution in [1.29, 1.82) is 0 Å². The largest absolute Gasteiger partial charge is 0.497 e. The minimum absolute atomic E-state index is 0.159. The maximum absolute atomic E-state index is 12.4. The minimum atomic E-state index is -0.356. The number of methoxy groups -OCH3 is 1. The van der Waals surface area contributed by atoms with Crippen LogP contribution < -0.4 is 9.47 Å². The molecule has 21 heavy (non-hydrogen) atoms. The monoisotopic (exact) mass is 290 g/mol. The van der Waals surface area contributed by atoms with E-state index in [4.69, 9.17) is 9.47 Å². The molecule has 116 valence electrons. The van der Waals surface area contributed by atoms with Crippen LogP contribution in [0.15, 0.2) is 18.2 Å². The molecule has 3 nitrogen and oxygen atoms in total. The lowest BCUT2D eigenvalue weighted by atomic mass is 9.87. The second-order valence-corrected chi connectivity index (χ2v) is 6.18. The second-order valence-electron chi connectivity index (χ2n) is 6.18. The number of fused-ring (bicyclic) bond motifs is 1. The van der Waals surface area contributed by atoms with E-state index in [9.17, 15) is 4.79 Å². The van der Waals surface area contributed by atoms with Gasteiger partial charge in [0.05, 0.1) is 19.1 Å². The molecule has 0 amide bonds. The molecule has 0 radical (unpaired) electrons. The lowest BCUT2D eigenvalue weighted by Crippen LogP contribution is -2.39. The number of rotatable bonds is 7. The third kappa shape index (κ3) is 3.99. The summed E-state index contributed by atoms with van der Waals surface area (Å²) < 4.78 is 11.3. The van der Waals surface area contributed by atoms with Crippen LogP contribution in [-0.4, -0.2) is 18.5 Å². The van der Waals surface area contributed by atoms with Gasteiger partial charge in [-0.25, -0.2) is 0 Å². The van der Waals surface area contributed by atoms with Crippen molar-refractivity contribution in [3.05, 3.63) is 23.8 Å². The molecule has 1 aliphatic rings. The molecule has 2 rings (SSSR count). The van der Waals surface area contributed by atoms with Gasteiger partial charge in [-0.15, -0.1) is 0 Å². The molecular weight excluding hydrogens is 264 g/mol. The third-order valence-corrected chi connectivity index (χ3v) is 4.19. The Morgan fingerprint density at radius 2 is 2.00 bits per heavy atom. The van der Waals surface area contributed by atoms with Gasteiger partial charge in [0.15, 0.2) is 5.78 Å². The highest BCUT2D eigenvalue weighted by atomic mass is 16.5. The van der Waals surface area contributed by atoms with Crippen LogP contribution in [0.2, 0.25) is 0 Å². The number of ether oxygens (including phenoxy) is 2. The topological polar surface area (TPSA) is 35.5 Å². The van der Waals surface area contributed by atoms with Gasteiger partial charge in [0.2, 0.25) is 0 Å². The summed E-state index contributed by atoms with van der Waals surface area (Å²) in [5, 5.41) is 0. The van der Waals surface area contributed by atoms with E-state index in [1.807, 2.05) is 12.1 Å². The Morgan fingerprint density at radius 3 is 2.71 bits per heavy atom. The van der Waals surface area contributed by atoms with Gasteiger partial charge in [-0.05, 0) is 38.0 Å². The van der Waals surface area contributed by atoms with Crippen molar-refractivity contribution in [1.82, 2.24) is 0 Å². The Labute approximate surface area is 127 Å². The van der Waals surface area contributed by atoms with Gasteiger partial charge in [-0.2, -0.15) is 0 Å². The van der Waals surface area contributed by atoms with E-state index in [2.05, 4.69) is 13.8 Å². The molecule has 0 bridgehead atoms. The third-order valence-electron chi connectivity index (χ3n) is 4.19. The highest BCUT2D eigenvalue weighted by Crippen LogP contribution is 2.37. The summed E-state index contributed by atoms with van der Waals surface area (Å²) in [5.41, 5.74) is 0.294. The molecule has 0 saturated heterocycles. The van der Waals surface area contributed by atoms with Gasteiger partial charge in [0.25, 0.3) is 0 Å². The van der Waals surface area contributed by atoms with Gasteiger partial charge < -0.3 is 9.47 Å². The van der Waals surface area contributed by atoms with Crippen LogP contribution in [0.25, 0.3) is 0 Å². The fourth-order valence-electron chi connectivity index (χ4n) is 2.92. The molecule has 3 heteroatoms. The van der Waals surface area contributed by atoms with Crippen molar-refractivity contribution >= 4 is 5.78 Å². The number of hydrogen-bond donors (Lipinski definition) is 0. The summed E-state index contributed by atoms with van der Waals surface area (Å²) in [6.45, 7) is 4.27. The van der Waals surface area contributed by atoms with Crippen molar-refractivity contribution in [2.75, 3.05) is 7.11 Å². The molecular formula is C18H26O3. The maximum atomic E-state index is 12.4. The van der Waals surface area contributed by atoms with E-state index in [0.29, 0.717) is 23.5 Å². The van der Waals surface area contributed by atoms with Crippen LogP contribution in [-0.2, 0) is 0 Å². The first-order chi connectivity index (χ1) is 10.1. The number of carbonyl (C=O) groups is 1. The van der Waals surface area contributed by atoms with Gasteiger partial charge in [0.1, 0.15) is 17.1 Å². The first kappa shape index (κ1) is 15.9. The smallest absolute Gasteiger partial charge is 0.170 e. The van der Waals surface area contributed by atoms with Gasteiger partial charge in [0, 0.05) is 0 Å². The van der Waals surface area contributed by atoms with Crippen LogP contribution in [0, 0.1) is 0 Å². The van der Waals surface area contributed by atoms with Gasteiger partial charge >= 0.3 is 0 Å². The summed E-state index contributed by atoms with van der Waals surface area (Å²) in [5.74, 6) is 1.56. The molecule has 0 N–H and O–H groups in total. The molecule has 1 aromatic rings. The van der Waals surface area contributed by atoms with Crippen LogP contribution in [0.3, 0.4) is 0 Å². The number of ketones is 1. The number of benzene rings is 1. The lowest BCUT2D eigenvalue weighted by molar-refractivity contribution is 0.0452. The quantitative estimate of drug-likeness (QED) is 0.678. The van der Waals surface area contributed by atoms with E-state index in [-0.39, 0.29) is 11.4 Å². The highest BCUT2D eigenvalue weighted by molar-refractivity contribution is 6.00. The average molecular weight is 290 g/mol. The van der Waals surface area contributed by atoms with Crippen LogP contribution >= 0.6 is 0 Å². The normalized spacial score (nSPS) is 20.8. The van der Waals surface area contributed by atoms with Crippen LogP contribution in [0.1, 0.15) is 69.2 Å². The molecule has 0 aliphatic carbocycles. The average Bonchev–Trinajstić information content (AvgIpc) is 2.46. The van der Waals surface area contributed by atoms with Crippen molar-refractivity contribution in [2.24, 2.45) is 0 Å². The summed E-state index contributed by atoms with van der Waals surface area (Å²) in [6, 6.07) is 5.47. The Hall–Kier alpha value is -1.51. The number of Topliss-reactive ketones (excluding diaryl/α,β-unsaturated/α-hetero) is 1. The second kappa shape index (κ2) is 6.97. The standard InChI is InChI=1S/C18H26O3/c1-4-5-6-7-8-11-18(2)13-16(19)15-12-14(20-3)9-10-17(15)21-18/h9-10,12H,4-8,11,13H2,1-3H3. The van der Waals surface area contributed by atoms with Crippen LogP contribution in [0.4, 0.5) is 0 Å². The molecule has 1 aliphatic heterocycles. The van der Waals surface area contributed by atoms with E-state index in [1.165, 1.54) is 25.7 Å². The number of unbranched alkanes of at least 4 members (excludes halogenated alkanes) is 4. The Kier molecular flexibility index (Phi) is 5.27. The predicted octanol–water partition coefficient (Wildman–Crippen LogP) is 4.78. The highest BCUT2D eigenvalue weighted by Gasteiger charge is 2.36. The molecule has 1 heterocycles. The molecule has 1 atom stereocenters. The molecule has 1 unspecified atom stereocenters. The summed E-state index contributed by atoms with van der Waals surface area (Å²) >= 11 is 0. The summed E-state index contributed by atoms with van der Waals surface area (Å²) in [7, 11) is 1.61. The van der Waals surface area contributed by atoms with Crippen molar-refractivity contribution in [3.63, 3.8) is 0 Å². The first-order valence-electron chi connectivity index (χ1n) is 7.98. The SMILES string of the molecule is CCCCCCCC1(C)CC(=O)c2cc(OC)ccc2O1. The Bertz CT molecular complexity index is 495. The Balaban J connectivity index is 2.00. The predicted molar refractivity (Wildman–Crippen MR) is 84.4 cm³/mol. The van der Waals surface area contributed by atoms with Crippen LogP contribution in [0.5, 0.6) is 11.5 Å². The lowest BCUT2D eigenvalue weighted by Gasteiger charge is -2.35. The molecule has 0 fully saturated rings. The number of carbonyl (C=O) groups excluding carboxylic acids is 1.